The molecule has 2 aromatic carbocycles. The van der Waals surface area contributed by atoms with Crippen molar-refractivity contribution in [3.8, 4) is 11.5 Å². The standard InChI is InChI=1S/C19H21N3O3S/c1-14(2)22(26(23,24)17-11-9-15(3)10-12-17)13-18-20-21-19(25-18)16-7-5-4-6-8-16/h4-12,14H,13H2,1-3H3. The lowest BCUT2D eigenvalue weighted by atomic mass is 10.2. The third-order valence-electron chi connectivity index (χ3n) is 3.98. The fourth-order valence-electron chi connectivity index (χ4n) is 2.54. The average Bonchev–Trinajstić information content (AvgIpc) is 3.09. The molecule has 0 radical (unpaired) electrons. The topological polar surface area (TPSA) is 76.3 Å². The summed E-state index contributed by atoms with van der Waals surface area (Å²) in [6.07, 6.45) is 0. The molecule has 0 aliphatic rings. The smallest absolute Gasteiger partial charge is 0.247 e. The van der Waals surface area contributed by atoms with Crippen molar-refractivity contribution in [2.75, 3.05) is 0 Å². The highest BCUT2D eigenvalue weighted by molar-refractivity contribution is 7.89. The Morgan fingerprint density at radius 2 is 1.65 bits per heavy atom. The largest absolute Gasteiger partial charge is 0.419 e. The van der Waals surface area contributed by atoms with Gasteiger partial charge in [0.1, 0.15) is 0 Å². The van der Waals surface area contributed by atoms with Crippen molar-refractivity contribution in [1.82, 2.24) is 14.5 Å². The van der Waals surface area contributed by atoms with Crippen LogP contribution >= 0.6 is 0 Å². The van der Waals surface area contributed by atoms with E-state index in [4.69, 9.17) is 4.42 Å². The van der Waals surface area contributed by atoms with Gasteiger partial charge in [-0.1, -0.05) is 35.9 Å². The number of rotatable bonds is 6. The van der Waals surface area contributed by atoms with Crippen LogP contribution in [0.5, 0.6) is 0 Å². The van der Waals surface area contributed by atoms with Crippen LogP contribution in [0.2, 0.25) is 0 Å². The predicted molar refractivity (Wildman–Crippen MR) is 98.8 cm³/mol. The van der Waals surface area contributed by atoms with Crippen LogP contribution in [-0.2, 0) is 16.6 Å². The molecule has 0 fully saturated rings. The molecule has 0 saturated carbocycles. The summed E-state index contributed by atoms with van der Waals surface area (Å²) in [5, 5.41) is 8.04. The Morgan fingerprint density at radius 3 is 2.27 bits per heavy atom. The molecule has 3 aromatic rings. The van der Waals surface area contributed by atoms with E-state index in [1.807, 2.05) is 51.1 Å². The summed E-state index contributed by atoms with van der Waals surface area (Å²) in [5.41, 5.74) is 1.80. The lowest BCUT2D eigenvalue weighted by molar-refractivity contribution is 0.313. The van der Waals surface area contributed by atoms with E-state index in [1.165, 1.54) is 4.31 Å². The average molecular weight is 371 g/mol. The van der Waals surface area contributed by atoms with Crippen LogP contribution in [0, 0.1) is 6.92 Å². The minimum Gasteiger partial charge on any atom is -0.419 e. The normalized spacial score (nSPS) is 12.0. The summed E-state index contributed by atoms with van der Waals surface area (Å²) in [4.78, 5) is 0.250. The Bertz CT molecular complexity index is 965. The zero-order valence-electron chi connectivity index (χ0n) is 15.0. The van der Waals surface area contributed by atoms with Crippen LogP contribution in [0.3, 0.4) is 0 Å². The third-order valence-corrected chi connectivity index (χ3v) is 6.02. The Morgan fingerprint density at radius 1 is 1.00 bits per heavy atom. The van der Waals surface area contributed by atoms with Gasteiger partial charge in [0.05, 0.1) is 11.4 Å². The highest BCUT2D eigenvalue weighted by Crippen LogP contribution is 2.23. The molecule has 0 spiro atoms. The van der Waals surface area contributed by atoms with E-state index in [-0.39, 0.29) is 23.4 Å². The van der Waals surface area contributed by atoms with Gasteiger partial charge in [-0.15, -0.1) is 10.2 Å². The number of nitrogens with zero attached hydrogens (tertiary/aromatic N) is 3. The second-order valence-corrected chi connectivity index (χ2v) is 8.21. The molecular formula is C19H21N3O3S. The van der Waals surface area contributed by atoms with E-state index in [0.717, 1.165) is 11.1 Å². The van der Waals surface area contributed by atoms with E-state index in [9.17, 15) is 8.42 Å². The number of hydrogen-bond acceptors (Lipinski definition) is 5. The molecule has 0 amide bonds. The number of aromatic nitrogens is 2. The molecule has 136 valence electrons. The first-order chi connectivity index (χ1) is 12.4. The van der Waals surface area contributed by atoms with Gasteiger partial charge in [0.25, 0.3) is 0 Å². The second kappa shape index (κ2) is 7.39. The summed E-state index contributed by atoms with van der Waals surface area (Å²) in [6, 6.07) is 15.9. The molecular weight excluding hydrogens is 350 g/mol. The first kappa shape index (κ1) is 18.3. The van der Waals surface area contributed by atoms with Gasteiger partial charge in [-0.25, -0.2) is 8.42 Å². The van der Waals surface area contributed by atoms with Gasteiger partial charge in [0.2, 0.25) is 21.8 Å². The van der Waals surface area contributed by atoms with E-state index >= 15 is 0 Å². The monoisotopic (exact) mass is 371 g/mol. The van der Waals surface area contributed by atoms with Gasteiger partial charge >= 0.3 is 0 Å². The van der Waals surface area contributed by atoms with Crippen molar-refractivity contribution in [1.29, 1.82) is 0 Å². The van der Waals surface area contributed by atoms with E-state index < -0.39 is 10.0 Å². The molecule has 26 heavy (non-hydrogen) atoms. The van der Waals surface area contributed by atoms with Crippen LogP contribution < -0.4 is 0 Å². The zero-order valence-corrected chi connectivity index (χ0v) is 15.8. The molecule has 1 aromatic heterocycles. The van der Waals surface area contributed by atoms with Crippen LogP contribution in [0.1, 0.15) is 25.3 Å². The summed E-state index contributed by atoms with van der Waals surface area (Å²) in [7, 11) is -3.67. The van der Waals surface area contributed by atoms with Crippen LogP contribution in [-0.4, -0.2) is 29.0 Å². The molecule has 0 unspecified atom stereocenters. The third kappa shape index (κ3) is 3.84. The van der Waals surface area contributed by atoms with Crippen molar-refractivity contribution in [2.45, 2.75) is 38.3 Å². The molecule has 7 heteroatoms. The van der Waals surface area contributed by atoms with Crippen LogP contribution in [0.15, 0.2) is 63.9 Å². The minimum atomic E-state index is -3.67. The van der Waals surface area contributed by atoms with Crippen molar-refractivity contribution in [2.24, 2.45) is 0 Å². The molecule has 6 nitrogen and oxygen atoms in total. The second-order valence-electron chi connectivity index (χ2n) is 6.32. The molecule has 0 saturated heterocycles. The maximum Gasteiger partial charge on any atom is 0.247 e. The van der Waals surface area contributed by atoms with Crippen molar-refractivity contribution in [3.05, 3.63) is 66.1 Å². The molecule has 0 aliphatic heterocycles. The number of sulfonamides is 1. The predicted octanol–water partition coefficient (Wildman–Crippen LogP) is 3.64. The van der Waals surface area contributed by atoms with E-state index in [1.54, 1.807) is 24.3 Å². The van der Waals surface area contributed by atoms with Gasteiger partial charge in [-0.05, 0) is 45.0 Å². The molecule has 0 bridgehead atoms. The first-order valence-corrected chi connectivity index (χ1v) is 9.78. The fraction of sp³-hybridized carbons (Fsp3) is 0.263. The maximum atomic E-state index is 13.0. The SMILES string of the molecule is Cc1ccc(S(=O)(=O)N(Cc2nnc(-c3ccccc3)o2)C(C)C)cc1. The van der Waals surface area contributed by atoms with Gasteiger partial charge < -0.3 is 4.42 Å². The first-order valence-electron chi connectivity index (χ1n) is 8.34. The number of benzene rings is 2. The molecule has 0 atom stereocenters. The minimum absolute atomic E-state index is 0.0215. The Labute approximate surface area is 153 Å². The molecule has 1 heterocycles. The van der Waals surface area contributed by atoms with Crippen molar-refractivity contribution in [3.63, 3.8) is 0 Å². The fourth-order valence-corrected chi connectivity index (χ4v) is 4.13. The Kier molecular flexibility index (Phi) is 5.20. The number of aryl methyl sites for hydroxylation is 1. The molecule has 0 N–H and O–H groups in total. The highest BCUT2D eigenvalue weighted by atomic mass is 32.2. The summed E-state index contributed by atoms with van der Waals surface area (Å²) in [6.45, 7) is 5.58. The molecule has 0 aliphatic carbocycles. The van der Waals surface area contributed by atoms with Gasteiger partial charge in [-0.2, -0.15) is 4.31 Å². The number of hydrogen-bond donors (Lipinski definition) is 0. The quantitative estimate of drug-likeness (QED) is 0.661. The summed E-state index contributed by atoms with van der Waals surface area (Å²) in [5.74, 6) is 0.630. The van der Waals surface area contributed by atoms with Gasteiger partial charge in [-0.3, -0.25) is 0 Å². The van der Waals surface area contributed by atoms with E-state index in [0.29, 0.717) is 5.89 Å². The maximum absolute atomic E-state index is 13.0. The lowest BCUT2D eigenvalue weighted by Gasteiger charge is -2.24. The Balaban J connectivity index is 1.88. The van der Waals surface area contributed by atoms with Crippen molar-refractivity contribution < 1.29 is 12.8 Å². The van der Waals surface area contributed by atoms with Crippen LogP contribution in [0.4, 0.5) is 0 Å². The highest BCUT2D eigenvalue weighted by Gasteiger charge is 2.29. The lowest BCUT2D eigenvalue weighted by Crippen LogP contribution is -2.36. The van der Waals surface area contributed by atoms with Crippen LogP contribution in [0.25, 0.3) is 11.5 Å². The Hall–Kier alpha value is -2.51. The van der Waals surface area contributed by atoms with E-state index in [2.05, 4.69) is 10.2 Å². The zero-order chi connectivity index (χ0) is 18.7. The van der Waals surface area contributed by atoms with Crippen molar-refractivity contribution >= 4 is 10.0 Å². The molecule has 3 rings (SSSR count). The van der Waals surface area contributed by atoms with Gasteiger partial charge in [0.15, 0.2) is 0 Å². The summed E-state index contributed by atoms with van der Waals surface area (Å²) < 4.78 is 33.0. The summed E-state index contributed by atoms with van der Waals surface area (Å²) >= 11 is 0. The van der Waals surface area contributed by atoms with Gasteiger partial charge in [0, 0.05) is 11.6 Å².